The maximum absolute atomic E-state index is 5.69. The van der Waals surface area contributed by atoms with Crippen molar-refractivity contribution in [1.82, 2.24) is 4.98 Å². The van der Waals surface area contributed by atoms with Gasteiger partial charge in [-0.1, -0.05) is 24.3 Å². The molecule has 3 heteroatoms. The largest absolute Gasteiger partial charge is 0.423 e. The molecule has 0 amide bonds. The van der Waals surface area contributed by atoms with E-state index in [0.717, 1.165) is 36.6 Å². The number of hydrogen-bond acceptors (Lipinski definition) is 3. The lowest BCUT2D eigenvalue weighted by Gasteiger charge is -2.20. The molecule has 0 aliphatic carbocycles. The van der Waals surface area contributed by atoms with Gasteiger partial charge in [-0.05, 0) is 18.6 Å². The highest BCUT2D eigenvalue weighted by atomic mass is 16.4. The minimum absolute atomic E-state index is 0.737. The number of hydrogen-bond donors (Lipinski definition) is 0. The first-order valence-electron chi connectivity index (χ1n) is 5.19. The van der Waals surface area contributed by atoms with Crippen molar-refractivity contribution in [1.29, 1.82) is 0 Å². The summed E-state index contributed by atoms with van der Waals surface area (Å²) in [4.78, 5) is 6.61. The Bertz CT molecular complexity index is 468. The van der Waals surface area contributed by atoms with Crippen LogP contribution >= 0.6 is 0 Å². The zero-order valence-corrected chi connectivity index (χ0v) is 8.39. The second kappa shape index (κ2) is 3.42. The average molecular weight is 200 g/mol. The zero-order chi connectivity index (χ0) is 10.1. The van der Waals surface area contributed by atoms with Crippen LogP contribution in [0.25, 0.3) is 11.1 Å². The summed E-state index contributed by atoms with van der Waals surface area (Å²) in [5.74, 6) is 0. The normalized spacial score (nSPS) is 16.1. The molecule has 15 heavy (non-hydrogen) atoms. The Hall–Kier alpha value is -1.77. The predicted octanol–water partition coefficient (Wildman–Crippen LogP) is 2.59. The number of anilines is 1. The molecule has 0 bridgehead atoms. The number of nitrogens with zero attached hydrogens (tertiary/aromatic N) is 2. The van der Waals surface area contributed by atoms with Crippen molar-refractivity contribution in [2.24, 2.45) is 0 Å². The molecule has 0 saturated carbocycles. The van der Waals surface area contributed by atoms with Gasteiger partial charge in [0, 0.05) is 13.1 Å². The molecular formula is C12H12N2O. The quantitative estimate of drug-likeness (QED) is 0.662. The van der Waals surface area contributed by atoms with E-state index in [-0.39, 0.29) is 0 Å². The van der Waals surface area contributed by atoms with Gasteiger partial charge in [-0.2, -0.15) is 4.98 Å². The standard InChI is InChI=1S/C12H12N2O/c1-4-8-14(9-5-1)12-13-10-6-2-3-7-11(10)15-12/h1-4,6-7H,5,8-9H2. The summed E-state index contributed by atoms with van der Waals surface area (Å²) in [7, 11) is 0. The highest BCUT2D eigenvalue weighted by Crippen LogP contribution is 2.22. The summed E-state index contributed by atoms with van der Waals surface area (Å²) in [6.07, 6.45) is 5.41. The van der Waals surface area contributed by atoms with E-state index in [9.17, 15) is 0 Å². The first-order chi connectivity index (χ1) is 7.43. The summed E-state index contributed by atoms with van der Waals surface area (Å²) >= 11 is 0. The molecule has 76 valence electrons. The molecule has 1 aromatic carbocycles. The van der Waals surface area contributed by atoms with Crippen molar-refractivity contribution >= 4 is 17.1 Å². The van der Waals surface area contributed by atoms with E-state index in [1.807, 2.05) is 24.3 Å². The maximum Gasteiger partial charge on any atom is 0.298 e. The number of benzene rings is 1. The van der Waals surface area contributed by atoms with Crippen LogP contribution < -0.4 is 4.90 Å². The predicted molar refractivity (Wildman–Crippen MR) is 60.0 cm³/mol. The highest BCUT2D eigenvalue weighted by Gasteiger charge is 2.13. The van der Waals surface area contributed by atoms with Crippen LogP contribution in [0.3, 0.4) is 0 Å². The van der Waals surface area contributed by atoms with Crippen LogP contribution in [0, 0.1) is 0 Å². The van der Waals surface area contributed by atoms with Crippen LogP contribution in [-0.4, -0.2) is 18.1 Å². The van der Waals surface area contributed by atoms with Gasteiger partial charge in [-0.3, -0.25) is 0 Å². The SMILES string of the molecule is C1=CCN(c2nc3ccccc3o2)CC1. The van der Waals surface area contributed by atoms with Crippen LogP contribution in [0.1, 0.15) is 6.42 Å². The van der Waals surface area contributed by atoms with Crippen LogP contribution in [-0.2, 0) is 0 Å². The minimum atomic E-state index is 0.737. The van der Waals surface area contributed by atoms with E-state index in [4.69, 9.17) is 4.42 Å². The first-order valence-corrected chi connectivity index (χ1v) is 5.19. The van der Waals surface area contributed by atoms with Gasteiger partial charge in [0.1, 0.15) is 5.52 Å². The Labute approximate surface area is 88.0 Å². The smallest absolute Gasteiger partial charge is 0.298 e. The summed E-state index contributed by atoms with van der Waals surface area (Å²) in [6.45, 7) is 1.89. The molecule has 1 aliphatic heterocycles. The average Bonchev–Trinajstić information content (AvgIpc) is 2.74. The second-order valence-electron chi connectivity index (χ2n) is 3.67. The Balaban J connectivity index is 2.00. The van der Waals surface area contributed by atoms with Gasteiger partial charge >= 0.3 is 0 Å². The van der Waals surface area contributed by atoms with Gasteiger partial charge in [0.2, 0.25) is 0 Å². The fraction of sp³-hybridized carbons (Fsp3) is 0.250. The molecule has 0 fully saturated rings. The summed E-state index contributed by atoms with van der Waals surface area (Å²) in [5, 5.41) is 0. The number of fused-ring (bicyclic) bond motifs is 1. The van der Waals surface area contributed by atoms with Crippen molar-refractivity contribution < 1.29 is 4.42 Å². The topological polar surface area (TPSA) is 29.3 Å². The van der Waals surface area contributed by atoms with Gasteiger partial charge in [0.05, 0.1) is 0 Å². The Morgan fingerprint density at radius 2 is 2.13 bits per heavy atom. The highest BCUT2D eigenvalue weighted by molar-refractivity contribution is 5.74. The van der Waals surface area contributed by atoms with Crippen molar-refractivity contribution in [2.45, 2.75) is 6.42 Å². The van der Waals surface area contributed by atoms with Crippen LogP contribution in [0.4, 0.5) is 6.01 Å². The van der Waals surface area contributed by atoms with Crippen LogP contribution in [0.5, 0.6) is 0 Å². The molecule has 1 aliphatic rings. The van der Waals surface area contributed by atoms with Crippen molar-refractivity contribution in [2.75, 3.05) is 18.0 Å². The first kappa shape index (κ1) is 8.53. The van der Waals surface area contributed by atoms with Gasteiger partial charge in [-0.15, -0.1) is 0 Å². The molecule has 1 aromatic heterocycles. The Morgan fingerprint density at radius 1 is 1.20 bits per heavy atom. The minimum Gasteiger partial charge on any atom is -0.423 e. The van der Waals surface area contributed by atoms with E-state index in [2.05, 4.69) is 22.0 Å². The van der Waals surface area contributed by atoms with Gasteiger partial charge in [0.15, 0.2) is 5.58 Å². The number of aromatic nitrogens is 1. The summed E-state index contributed by atoms with van der Waals surface area (Å²) < 4.78 is 5.69. The van der Waals surface area contributed by atoms with Crippen molar-refractivity contribution in [3.63, 3.8) is 0 Å². The molecule has 0 radical (unpaired) electrons. The van der Waals surface area contributed by atoms with E-state index in [1.165, 1.54) is 0 Å². The zero-order valence-electron chi connectivity index (χ0n) is 8.39. The van der Waals surface area contributed by atoms with E-state index in [0.29, 0.717) is 0 Å². The number of rotatable bonds is 1. The third-order valence-electron chi connectivity index (χ3n) is 2.61. The molecule has 0 saturated heterocycles. The second-order valence-corrected chi connectivity index (χ2v) is 3.67. The molecule has 0 spiro atoms. The lowest BCUT2D eigenvalue weighted by molar-refractivity contribution is 0.572. The summed E-state index contributed by atoms with van der Waals surface area (Å²) in [6, 6.07) is 8.60. The lowest BCUT2D eigenvalue weighted by Crippen LogP contribution is -2.26. The van der Waals surface area contributed by atoms with Crippen molar-refractivity contribution in [3.8, 4) is 0 Å². The molecule has 3 rings (SSSR count). The van der Waals surface area contributed by atoms with Gasteiger partial charge < -0.3 is 9.32 Å². The maximum atomic E-state index is 5.69. The van der Waals surface area contributed by atoms with Crippen molar-refractivity contribution in [3.05, 3.63) is 36.4 Å². The molecule has 2 aromatic rings. The monoisotopic (exact) mass is 200 g/mol. The van der Waals surface area contributed by atoms with Crippen LogP contribution in [0.2, 0.25) is 0 Å². The molecule has 0 unspecified atom stereocenters. The molecule has 3 nitrogen and oxygen atoms in total. The van der Waals surface area contributed by atoms with Crippen LogP contribution in [0.15, 0.2) is 40.8 Å². The van der Waals surface area contributed by atoms with E-state index < -0.39 is 0 Å². The van der Waals surface area contributed by atoms with E-state index >= 15 is 0 Å². The Kier molecular flexibility index (Phi) is 1.95. The third-order valence-corrected chi connectivity index (χ3v) is 2.61. The number of oxazole rings is 1. The van der Waals surface area contributed by atoms with Gasteiger partial charge in [-0.25, -0.2) is 0 Å². The third kappa shape index (κ3) is 1.50. The molecule has 2 heterocycles. The summed E-state index contributed by atoms with van der Waals surface area (Å²) in [5.41, 5.74) is 1.80. The molecular weight excluding hydrogens is 188 g/mol. The Morgan fingerprint density at radius 3 is 2.93 bits per heavy atom. The fourth-order valence-electron chi connectivity index (χ4n) is 1.81. The molecule has 0 atom stereocenters. The molecule has 0 N–H and O–H groups in total. The number of para-hydroxylation sites is 2. The lowest BCUT2D eigenvalue weighted by atomic mass is 10.3. The fourth-order valence-corrected chi connectivity index (χ4v) is 1.81. The van der Waals surface area contributed by atoms with Gasteiger partial charge in [0.25, 0.3) is 6.01 Å². The van der Waals surface area contributed by atoms with E-state index in [1.54, 1.807) is 0 Å².